The van der Waals surface area contributed by atoms with Crippen molar-refractivity contribution < 1.29 is 14.3 Å². The maximum absolute atomic E-state index is 12.4. The van der Waals surface area contributed by atoms with Crippen LogP contribution in [0.25, 0.3) is 11.8 Å². The van der Waals surface area contributed by atoms with E-state index in [2.05, 4.69) is 26.3 Å². The standard InChI is InChI=1S/C22H20BrN3O3/c1-29-22(28)13-20(17-8-10-18(23)11-9-17)25-21(27)12-7-16-14-24-26(15-16)19-5-3-2-4-6-19/h2-12,14-15,20H,13H2,1H3,(H,25,27)/b12-7+. The van der Waals surface area contributed by atoms with E-state index in [0.29, 0.717) is 0 Å². The predicted molar refractivity (Wildman–Crippen MR) is 114 cm³/mol. The number of amides is 1. The molecule has 0 saturated heterocycles. The molecule has 1 heterocycles. The number of nitrogens with one attached hydrogen (secondary N) is 1. The molecule has 0 bridgehead atoms. The number of hydrogen-bond acceptors (Lipinski definition) is 4. The molecular formula is C22H20BrN3O3. The predicted octanol–water partition coefficient (Wildman–Crippen LogP) is 4.07. The van der Waals surface area contributed by atoms with Crippen LogP contribution in [0.4, 0.5) is 0 Å². The van der Waals surface area contributed by atoms with Crippen molar-refractivity contribution >= 4 is 33.9 Å². The van der Waals surface area contributed by atoms with Gasteiger partial charge in [0.15, 0.2) is 0 Å². The second-order valence-corrected chi connectivity index (χ2v) is 7.20. The van der Waals surface area contributed by atoms with Crippen LogP contribution in [0.2, 0.25) is 0 Å². The van der Waals surface area contributed by atoms with E-state index in [1.807, 2.05) is 60.8 Å². The van der Waals surface area contributed by atoms with E-state index < -0.39 is 12.0 Å². The van der Waals surface area contributed by atoms with Crippen LogP contribution in [-0.2, 0) is 14.3 Å². The molecule has 1 amide bonds. The van der Waals surface area contributed by atoms with Crippen molar-refractivity contribution in [1.82, 2.24) is 15.1 Å². The van der Waals surface area contributed by atoms with Gasteiger partial charge in [0.1, 0.15) is 0 Å². The van der Waals surface area contributed by atoms with Gasteiger partial charge in [-0.3, -0.25) is 9.59 Å². The van der Waals surface area contributed by atoms with Crippen molar-refractivity contribution in [2.75, 3.05) is 7.11 Å². The first kappa shape index (κ1) is 20.5. The van der Waals surface area contributed by atoms with Crippen molar-refractivity contribution in [1.29, 1.82) is 0 Å². The molecule has 6 nitrogen and oxygen atoms in total. The molecule has 1 unspecified atom stereocenters. The number of aromatic nitrogens is 2. The summed E-state index contributed by atoms with van der Waals surface area (Å²) in [6.07, 6.45) is 6.66. The quantitative estimate of drug-likeness (QED) is 0.432. The lowest BCUT2D eigenvalue weighted by Crippen LogP contribution is -2.29. The van der Waals surface area contributed by atoms with Crippen LogP contribution in [0.5, 0.6) is 0 Å². The molecule has 0 aliphatic rings. The van der Waals surface area contributed by atoms with Crippen LogP contribution in [0.1, 0.15) is 23.6 Å². The number of benzene rings is 2. The number of nitrogens with zero attached hydrogens (tertiary/aromatic N) is 2. The average Bonchev–Trinajstić information content (AvgIpc) is 3.22. The lowest BCUT2D eigenvalue weighted by Gasteiger charge is -2.17. The lowest BCUT2D eigenvalue weighted by atomic mass is 10.0. The Hall–Kier alpha value is -3.19. The van der Waals surface area contributed by atoms with Crippen molar-refractivity contribution in [3.8, 4) is 5.69 Å². The Kier molecular flexibility index (Phi) is 6.97. The van der Waals surface area contributed by atoms with E-state index in [1.165, 1.54) is 13.2 Å². The number of esters is 1. The number of rotatable bonds is 7. The SMILES string of the molecule is COC(=O)CC(NC(=O)/C=C/c1cnn(-c2ccccc2)c1)c1ccc(Br)cc1. The molecule has 0 saturated carbocycles. The smallest absolute Gasteiger partial charge is 0.307 e. The van der Waals surface area contributed by atoms with Gasteiger partial charge in [0.2, 0.25) is 5.91 Å². The number of carbonyl (C=O) groups excluding carboxylic acids is 2. The fourth-order valence-electron chi connectivity index (χ4n) is 2.73. The van der Waals surface area contributed by atoms with Crippen LogP contribution in [-0.4, -0.2) is 28.8 Å². The van der Waals surface area contributed by atoms with Gasteiger partial charge in [-0.2, -0.15) is 5.10 Å². The summed E-state index contributed by atoms with van der Waals surface area (Å²) in [5.74, 6) is -0.708. The van der Waals surface area contributed by atoms with Crippen LogP contribution < -0.4 is 5.32 Å². The molecule has 1 N–H and O–H groups in total. The van der Waals surface area contributed by atoms with Crippen LogP contribution in [0.3, 0.4) is 0 Å². The molecule has 1 aromatic heterocycles. The molecule has 148 valence electrons. The molecule has 2 aromatic carbocycles. The van der Waals surface area contributed by atoms with Gasteiger partial charge < -0.3 is 10.1 Å². The Bertz CT molecular complexity index is 998. The maximum atomic E-state index is 12.4. The minimum Gasteiger partial charge on any atom is -0.469 e. The van der Waals surface area contributed by atoms with E-state index >= 15 is 0 Å². The van der Waals surface area contributed by atoms with E-state index in [9.17, 15) is 9.59 Å². The highest BCUT2D eigenvalue weighted by Gasteiger charge is 2.18. The van der Waals surface area contributed by atoms with Gasteiger partial charge in [0.05, 0.1) is 31.5 Å². The molecular weight excluding hydrogens is 434 g/mol. The Morgan fingerprint density at radius 3 is 2.59 bits per heavy atom. The summed E-state index contributed by atoms with van der Waals surface area (Å²) in [5.41, 5.74) is 2.54. The first-order valence-electron chi connectivity index (χ1n) is 8.96. The van der Waals surface area contributed by atoms with Gasteiger partial charge in [0.25, 0.3) is 0 Å². The van der Waals surface area contributed by atoms with Crippen LogP contribution >= 0.6 is 15.9 Å². The number of methoxy groups -OCH3 is 1. The third kappa shape index (κ3) is 5.89. The van der Waals surface area contributed by atoms with Gasteiger partial charge in [-0.05, 0) is 35.9 Å². The molecule has 29 heavy (non-hydrogen) atoms. The number of halogens is 1. The molecule has 1 atom stereocenters. The molecule has 0 radical (unpaired) electrons. The van der Waals surface area contributed by atoms with Crippen molar-refractivity contribution in [3.63, 3.8) is 0 Å². The van der Waals surface area contributed by atoms with E-state index in [4.69, 9.17) is 4.74 Å². The van der Waals surface area contributed by atoms with E-state index in [1.54, 1.807) is 17.0 Å². The zero-order valence-electron chi connectivity index (χ0n) is 15.8. The van der Waals surface area contributed by atoms with Gasteiger partial charge in [0, 0.05) is 22.3 Å². The minimum atomic E-state index is -0.486. The second kappa shape index (κ2) is 9.84. The molecule has 0 fully saturated rings. The summed E-state index contributed by atoms with van der Waals surface area (Å²) in [6.45, 7) is 0. The average molecular weight is 454 g/mol. The van der Waals surface area contributed by atoms with Gasteiger partial charge >= 0.3 is 5.97 Å². The third-order valence-electron chi connectivity index (χ3n) is 4.24. The first-order chi connectivity index (χ1) is 14.0. The first-order valence-corrected chi connectivity index (χ1v) is 9.75. The summed E-state index contributed by atoms with van der Waals surface area (Å²) < 4.78 is 7.41. The summed E-state index contributed by atoms with van der Waals surface area (Å²) in [6, 6.07) is 16.6. The number of hydrogen-bond donors (Lipinski definition) is 1. The van der Waals surface area contributed by atoms with E-state index in [-0.39, 0.29) is 12.3 Å². The van der Waals surface area contributed by atoms with Gasteiger partial charge in [-0.1, -0.05) is 46.3 Å². The molecule has 3 aromatic rings. The molecule has 0 spiro atoms. The topological polar surface area (TPSA) is 73.2 Å². The summed E-state index contributed by atoms with van der Waals surface area (Å²) in [7, 11) is 1.33. The normalized spacial score (nSPS) is 11.9. The third-order valence-corrected chi connectivity index (χ3v) is 4.77. The highest BCUT2D eigenvalue weighted by molar-refractivity contribution is 9.10. The van der Waals surface area contributed by atoms with Gasteiger partial charge in [-0.15, -0.1) is 0 Å². The van der Waals surface area contributed by atoms with Crippen LogP contribution in [0.15, 0.2) is 77.5 Å². The fourth-order valence-corrected chi connectivity index (χ4v) is 3.00. The summed E-state index contributed by atoms with van der Waals surface area (Å²) in [4.78, 5) is 24.2. The van der Waals surface area contributed by atoms with Crippen LogP contribution in [0, 0.1) is 0 Å². The molecule has 3 rings (SSSR count). The Morgan fingerprint density at radius 1 is 1.17 bits per heavy atom. The highest BCUT2D eigenvalue weighted by atomic mass is 79.9. The Morgan fingerprint density at radius 2 is 1.90 bits per heavy atom. The number of ether oxygens (including phenoxy) is 1. The van der Waals surface area contributed by atoms with Crippen molar-refractivity contribution in [2.24, 2.45) is 0 Å². The lowest BCUT2D eigenvalue weighted by molar-refractivity contribution is -0.141. The van der Waals surface area contributed by atoms with Crippen molar-refractivity contribution in [3.05, 3.63) is 88.7 Å². The molecule has 0 aliphatic heterocycles. The van der Waals surface area contributed by atoms with Gasteiger partial charge in [-0.25, -0.2) is 4.68 Å². The number of carbonyl (C=O) groups is 2. The monoisotopic (exact) mass is 453 g/mol. The van der Waals surface area contributed by atoms with E-state index in [0.717, 1.165) is 21.3 Å². The minimum absolute atomic E-state index is 0.0453. The zero-order valence-corrected chi connectivity index (χ0v) is 17.4. The molecule has 7 heteroatoms. The number of para-hydroxylation sites is 1. The maximum Gasteiger partial charge on any atom is 0.307 e. The zero-order chi connectivity index (χ0) is 20.6. The summed E-state index contributed by atoms with van der Waals surface area (Å²) >= 11 is 3.38. The fraction of sp³-hybridized carbons (Fsp3) is 0.136. The second-order valence-electron chi connectivity index (χ2n) is 6.28. The Labute approximate surface area is 177 Å². The largest absolute Gasteiger partial charge is 0.469 e. The molecule has 0 aliphatic carbocycles. The van der Waals surface area contributed by atoms with Crippen molar-refractivity contribution in [2.45, 2.75) is 12.5 Å². The Balaban J connectivity index is 1.68. The summed E-state index contributed by atoms with van der Waals surface area (Å²) in [5, 5.41) is 7.16. The highest BCUT2D eigenvalue weighted by Crippen LogP contribution is 2.20.